The Morgan fingerprint density at radius 1 is 1.22 bits per heavy atom. The number of unbranched alkanes of at least 4 members (excludes halogenated alkanes) is 1. The number of rotatable bonds is 6. The van der Waals surface area contributed by atoms with Gasteiger partial charge in [-0.2, -0.15) is 4.39 Å². The minimum Gasteiger partial charge on any atom is -0.505 e. The van der Waals surface area contributed by atoms with Crippen molar-refractivity contribution in [2.24, 2.45) is 0 Å². The molecular weight excluding hydrogens is 356 g/mol. The van der Waals surface area contributed by atoms with E-state index >= 15 is 0 Å². The molecule has 5 nitrogen and oxygen atoms in total. The van der Waals surface area contributed by atoms with E-state index in [1.807, 2.05) is 6.92 Å². The first-order valence-corrected chi connectivity index (χ1v) is 8.42. The molecule has 3 rings (SSSR count). The molecule has 1 N–H and O–H groups in total. The Kier molecular flexibility index (Phi) is 5.49. The van der Waals surface area contributed by atoms with Crippen molar-refractivity contribution >= 4 is 16.7 Å². The highest BCUT2D eigenvalue weighted by Crippen LogP contribution is 2.33. The van der Waals surface area contributed by atoms with E-state index in [1.54, 1.807) is 6.07 Å². The Labute approximate surface area is 154 Å². The molecule has 0 amide bonds. The normalized spacial score (nSPS) is 10.8. The lowest BCUT2D eigenvalue weighted by atomic mass is 10.1. The number of aromatic nitrogens is 1. The second-order valence-corrected chi connectivity index (χ2v) is 5.85. The van der Waals surface area contributed by atoms with Crippen molar-refractivity contribution in [2.45, 2.75) is 19.8 Å². The van der Waals surface area contributed by atoms with E-state index in [4.69, 9.17) is 9.47 Å². The first kappa shape index (κ1) is 18.6. The van der Waals surface area contributed by atoms with Crippen molar-refractivity contribution in [3.8, 4) is 17.2 Å². The lowest BCUT2D eigenvalue weighted by Crippen LogP contribution is -2.08. The van der Waals surface area contributed by atoms with Crippen LogP contribution in [0.5, 0.6) is 17.2 Å². The first-order valence-electron chi connectivity index (χ1n) is 8.42. The number of esters is 1. The van der Waals surface area contributed by atoms with Gasteiger partial charge < -0.3 is 14.6 Å². The number of fused-ring (bicyclic) bond motifs is 1. The SMILES string of the molecule is CCCCOC(=O)c1ncc2ccc(Oc3cccc(F)c3F)cc2c1O. The third kappa shape index (κ3) is 3.97. The molecule has 0 saturated heterocycles. The molecule has 1 heterocycles. The summed E-state index contributed by atoms with van der Waals surface area (Å²) in [6.45, 7) is 2.19. The number of benzene rings is 2. The summed E-state index contributed by atoms with van der Waals surface area (Å²) in [4.78, 5) is 16.0. The summed E-state index contributed by atoms with van der Waals surface area (Å²) < 4.78 is 37.5. The molecule has 0 spiro atoms. The van der Waals surface area contributed by atoms with Crippen molar-refractivity contribution < 1.29 is 28.2 Å². The maximum Gasteiger partial charge on any atom is 0.360 e. The van der Waals surface area contributed by atoms with Crippen LogP contribution in [0.4, 0.5) is 8.78 Å². The van der Waals surface area contributed by atoms with Crippen molar-refractivity contribution in [1.29, 1.82) is 0 Å². The molecule has 0 aliphatic heterocycles. The highest BCUT2D eigenvalue weighted by atomic mass is 19.2. The summed E-state index contributed by atoms with van der Waals surface area (Å²) >= 11 is 0. The molecule has 0 saturated carbocycles. The minimum absolute atomic E-state index is 0.166. The van der Waals surface area contributed by atoms with Crippen molar-refractivity contribution in [1.82, 2.24) is 4.98 Å². The Hall–Kier alpha value is -3.22. The fourth-order valence-corrected chi connectivity index (χ4v) is 2.46. The molecule has 1 aromatic heterocycles. The van der Waals surface area contributed by atoms with Gasteiger partial charge in [-0.05, 0) is 36.8 Å². The van der Waals surface area contributed by atoms with E-state index in [1.165, 1.54) is 30.5 Å². The standard InChI is InChI=1S/C20H17F2NO4/c1-2-3-9-26-20(25)18-19(24)14-10-13(8-7-12(14)11-23-18)27-16-6-4-5-15(21)17(16)22/h4-8,10-11,24H,2-3,9H2,1H3. The fraction of sp³-hybridized carbons (Fsp3) is 0.200. The summed E-state index contributed by atoms with van der Waals surface area (Å²) in [6, 6.07) is 8.11. The van der Waals surface area contributed by atoms with Gasteiger partial charge in [-0.3, -0.25) is 0 Å². The predicted molar refractivity (Wildman–Crippen MR) is 95.0 cm³/mol. The van der Waals surface area contributed by atoms with Gasteiger partial charge in [0.05, 0.1) is 6.61 Å². The fourth-order valence-electron chi connectivity index (χ4n) is 2.46. The molecule has 2 aromatic carbocycles. The van der Waals surface area contributed by atoms with Crippen LogP contribution < -0.4 is 4.74 Å². The third-order valence-electron chi connectivity index (χ3n) is 3.91. The zero-order valence-electron chi connectivity index (χ0n) is 14.5. The van der Waals surface area contributed by atoms with Crippen LogP contribution in [0.15, 0.2) is 42.6 Å². The molecule has 0 aliphatic rings. The average Bonchev–Trinajstić information content (AvgIpc) is 2.66. The first-order chi connectivity index (χ1) is 13.0. The minimum atomic E-state index is -1.11. The molecule has 0 fully saturated rings. The molecule has 0 unspecified atom stereocenters. The maximum atomic E-state index is 13.8. The van der Waals surface area contributed by atoms with E-state index in [0.29, 0.717) is 11.8 Å². The van der Waals surface area contributed by atoms with Crippen molar-refractivity contribution in [3.63, 3.8) is 0 Å². The quantitative estimate of drug-likeness (QED) is 0.488. The summed E-state index contributed by atoms with van der Waals surface area (Å²) in [5.74, 6) is -3.36. The van der Waals surface area contributed by atoms with Gasteiger partial charge in [0.1, 0.15) is 5.75 Å². The summed E-state index contributed by atoms with van der Waals surface area (Å²) in [5.41, 5.74) is -0.215. The van der Waals surface area contributed by atoms with Crippen LogP contribution in [0.25, 0.3) is 10.8 Å². The second-order valence-electron chi connectivity index (χ2n) is 5.85. The van der Waals surface area contributed by atoms with E-state index in [-0.39, 0.29) is 34.9 Å². The number of halogens is 2. The molecule has 0 atom stereocenters. The Bertz CT molecular complexity index is 991. The van der Waals surface area contributed by atoms with Gasteiger partial charge in [-0.1, -0.05) is 19.4 Å². The molecule has 3 aromatic rings. The van der Waals surface area contributed by atoms with E-state index in [0.717, 1.165) is 12.5 Å². The number of carbonyl (C=O) groups is 1. The summed E-state index contributed by atoms with van der Waals surface area (Å²) in [7, 11) is 0. The van der Waals surface area contributed by atoms with Gasteiger partial charge in [0.15, 0.2) is 23.0 Å². The average molecular weight is 373 g/mol. The molecule has 0 bridgehead atoms. The largest absolute Gasteiger partial charge is 0.505 e. The van der Waals surface area contributed by atoms with E-state index in [2.05, 4.69) is 4.98 Å². The molecule has 27 heavy (non-hydrogen) atoms. The molecule has 140 valence electrons. The van der Waals surface area contributed by atoms with Gasteiger partial charge in [0.25, 0.3) is 0 Å². The summed E-state index contributed by atoms with van der Waals surface area (Å²) in [5, 5.41) is 11.2. The highest BCUT2D eigenvalue weighted by molar-refractivity contribution is 5.99. The van der Waals surface area contributed by atoms with Crippen LogP contribution in [-0.2, 0) is 4.74 Å². The van der Waals surface area contributed by atoms with Crippen LogP contribution in [0.3, 0.4) is 0 Å². The van der Waals surface area contributed by atoms with Crippen LogP contribution in [0, 0.1) is 11.6 Å². The Morgan fingerprint density at radius 3 is 2.81 bits per heavy atom. The molecule has 7 heteroatoms. The van der Waals surface area contributed by atoms with Crippen LogP contribution in [0.1, 0.15) is 30.3 Å². The molecular formula is C20H17F2NO4. The van der Waals surface area contributed by atoms with Gasteiger partial charge in [-0.25, -0.2) is 14.2 Å². The smallest absolute Gasteiger partial charge is 0.360 e. The Morgan fingerprint density at radius 2 is 2.04 bits per heavy atom. The zero-order chi connectivity index (χ0) is 19.4. The highest BCUT2D eigenvalue weighted by Gasteiger charge is 2.18. The number of pyridine rings is 1. The van der Waals surface area contributed by atoms with E-state index in [9.17, 15) is 18.7 Å². The van der Waals surface area contributed by atoms with E-state index < -0.39 is 17.6 Å². The van der Waals surface area contributed by atoms with Gasteiger partial charge in [0, 0.05) is 17.0 Å². The number of carbonyl (C=O) groups excluding carboxylic acids is 1. The van der Waals surface area contributed by atoms with Gasteiger partial charge in [0.2, 0.25) is 5.82 Å². The number of nitrogens with zero attached hydrogens (tertiary/aromatic N) is 1. The monoisotopic (exact) mass is 373 g/mol. The number of ether oxygens (including phenoxy) is 2. The van der Waals surface area contributed by atoms with Crippen molar-refractivity contribution in [2.75, 3.05) is 6.61 Å². The van der Waals surface area contributed by atoms with Gasteiger partial charge in [-0.15, -0.1) is 0 Å². The number of aromatic hydroxyl groups is 1. The van der Waals surface area contributed by atoms with Crippen molar-refractivity contribution in [3.05, 3.63) is 59.9 Å². The van der Waals surface area contributed by atoms with Gasteiger partial charge >= 0.3 is 5.97 Å². The zero-order valence-corrected chi connectivity index (χ0v) is 14.5. The molecule has 0 aliphatic carbocycles. The lowest BCUT2D eigenvalue weighted by molar-refractivity contribution is 0.0489. The number of hydrogen-bond donors (Lipinski definition) is 1. The third-order valence-corrected chi connectivity index (χ3v) is 3.91. The predicted octanol–water partition coefficient (Wildman–Crippen LogP) is 4.97. The maximum absolute atomic E-state index is 13.8. The van der Waals surface area contributed by atoms with Crippen LogP contribution >= 0.6 is 0 Å². The molecule has 0 radical (unpaired) electrons. The topological polar surface area (TPSA) is 68.7 Å². The van der Waals surface area contributed by atoms with Crippen LogP contribution in [-0.4, -0.2) is 22.7 Å². The second kappa shape index (κ2) is 7.99. The van der Waals surface area contributed by atoms with Crippen LogP contribution in [0.2, 0.25) is 0 Å². The Balaban J connectivity index is 1.92. The summed E-state index contributed by atoms with van der Waals surface area (Å²) in [6.07, 6.45) is 2.98. The number of hydrogen-bond acceptors (Lipinski definition) is 5. The lowest BCUT2D eigenvalue weighted by Gasteiger charge is -2.10.